The van der Waals surface area contributed by atoms with Crippen LogP contribution in [0.2, 0.25) is 0 Å². The standard InChI is InChI=1S/C13H19F2NO/c1-3-4-12(9-17-2)16-8-10-5-6-11(14)7-13(10)15/h5-7,12,16H,3-4,8-9H2,1-2H3. The summed E-state index contributed by atoms with van der Waals surface area (Å²) in [5.74, 6) is -1.06. The zero-order chi connectivity index (χ0) is 12.7. The van der Waals surface area contributed by atoms with E-state index in [1.165, 1.54) is 12.1 Å². The first kappa shape index (κ1) is 14.1. The number of ether oxygens (including phenoxy) is 1. The molecule has 0 amide bonds. The van der Waals surface area contributed by atoms with Gasteiger partial charge in [0.25, 0.3) is 0 Å². The minimum atomic E-state index is -0.548. The largest absolute Gasteiger partial charge is 0.383 e. The van der Waals surface area contributed by atoms with E-state index >= 15 is 0 Å². The SMILES string of the molecule is CCCC(COC)NCc1ccc(F)cc1F. The van der Waals surface area contributed by atoms with Gasteiger partial charge in [0, 0.05) is 31.3 Å². The summed E-state index contributed by atoms with van der Waals surface area (Å²) in [6, 6.07) is 3.84. The van der Waals surface area contributed by atoms with E-state index in [4.69, 9.17) is 4.74 Å². The van der Waals surface area contributed by atoms with Gasteiger partial charge in [0.1, 0.15) is 11.6 Å². The van der Waals surface area contributed by atoms with Crippen LogP contribution in [0.3, 0.4) is 0 Å². The summed E-state index contributed by atoms with van der Waals surface area (Å²) in [5, 5.41) is 3.21. The van der Waals surface area contributed by atoms with Crippen LogP contribution in [-0.4, -0.2) is 19.8 Å². The summed E-state index contributed by atoms with van der Waals surface area (Å²) in [6.45, 7) is 3.07. The summed E-state index contributed by atoms with van der Waals surface area (Å²) in [5.41, 5.74) is 0.476. The second-order valence-electron chi connectivity index (χ2n) is 4.06. The average molecular weight is 243 g/mol. The fourth-order valence-electron chi connectivity index (χ4n) is 1.71. The van der Waals surface area contributed by atoms with Gasteiger partial charge < -0.3 is 10.1 Å². The Morgan fingerprint density at radius 3 is 2.71 bits per heavy atom. The normalized spacial score (nSPS) is 12.7. The molecule has 2 nitrogen and oxygen atoms in total. The quantitative estimate of drug-likeness (QED) is 0.795. The first-order valence-corrected chi connectivity index (χ1v) is 5.83. The van der Waals surface area contributed by atoms with E-state index in [-0.39, 0.29) is 6.04 Å². The average Bonchev–Trinajstić information content (AvgIpc) is 2.28. The zero-order valence-electron chi connectivity index (χ0n) is 10.3. The van der Waals surface area contributed by atoms with E-state index in [2.05, 4.69) is 12.2 Å². The Morgan fingerprint density at radius 1 is 1.35 bits per heavy atom. The first-order valence-electron chi connectivity index (χ1n) is 5.83. The van der Waals surface area contributed by atoms with Gasteiger partial charge in [-0.05, 0) is 12.5 Å². The van der Waals surface area contributed by atoms with Crippen molar-refractivity contribution in [2.45, 2.75) is 32.4 Å². The summed E-state index contributed by atoms with van der Waals surface area (Å²) in [4.78, 5) is 0. The highest BCUT2D eigenvalue weighted by molar-refractivity contribution is 5.18. The predicted octanol–water partition coefficient (Wildman–Crippen LogP) is 2.87. The Balaban J connectivity index is 2.52. The van der Waals surface area contributed by atoms with Crippen LogP contribution < -0.4 is 5.32 Å². The molecule has 1 aromatic rings. The molecular formula is C13H19F2NO. The van der Waals surface area contributed by atoms with Gasteiger partial charge in [-0.2, -0.15) is 0 Å². The molecule has 1 N–H and O–H groups in total. The van der Waals surface area contributed by atoms with Crippen LogP contribution in [0, 0.1) is 11.6 Å². The summed E-state index contributed by atoms with van der Waals surface area (Å²) < 4.78 is 31.1. The molecule has 0 radical (unpaired) electrons. The fraction of sp³-hybridized carbons (Fsp3) is 0.538. The summed E-state index contributed by atoms with van der Waals surface area (Å²) in [6.07, 6.45) is 2.00. The molecule has 1 aromatic carbocycles. The van der Waals surface area contributed by atoms with Crippen LogP contribution in [0.4, 0.5) is 8.78 Å². The molecule has 1 atom stereocenters. The van der Waals surface area contributed by atoms with E-state index in [9.17, 15) is 8.78 Å². The molecule has 17 heavy (non-hydrogen) atoms. The molecule has 96 valence electrons. The molecule has 0 heterocycles. The van der Waals surface area contributed by atoms with Crippen molar-refractivity contribution in [1.29, 1.82) is 0 Å². The Kier molecular flexibility index (Phi) is 6.08. The maximum Gasteiger partial charge on any atom is 0.130 e. The van der Waals surface area contributed by atoms with Gasteiger partial charge in [0.2, 0.25) is 0 Å². The highest BCUT2D eigenvalue weighted by Gasteiger charge is 2.09. The minimum Gasteiger partial charge on any atom is -0.383 e. The molecule has 0 saturated carbocycles. The third-order valence-electron chi connectivity index (χ3n) is 2.60. The number of hydrogen-bond acceptors (Lipinski definition) is 2. The van der Waals surface area contributed by atoms with Gasteiger partial charge in [-0.25, -0.2) is 8.78 Å². The van der Waals surface area contributed by atoms with Gasteiger partial charge in [-0.3, -0.25) is 0 Å². The van der Waals surface area contributed by atoms with Crippen molar-refractivity contribution in [3.05, 3.63) is 35.4 Å². The molecule has 0 fully saturated rings. The van der Waals surface area contributed by atoms with Crippen LogP contribution in [0.25, 0.3) is 0 Å². The van der Waals surface area contributed by atoms with Crippen molar-refractivity contribution < 1.29 is 13.5 Å². The second-order valence-corrected chi connectivity index (χ2v) is 4.06. The van der Waals surface area contributed by atoms with E-state index in [1.807, 2.05) is 0 Å². The second kappa shape index (κ2) is 7.35. The van der Waals surface area contributed by atoms with Gasteiger partial charge in [-0.15, -0.1) is 0 Å². The Labute approximate surface area is 101 Å². The topological polar surface area (TPSA) is 21.3 Å². The van der Waals surface area contributed by atoms with Crippen molar-refractivity contribution in [1.82, 2.24) is 5.32 Å². The van der Waals surface area contributed by atoms with Crippen LogP contribution in [0.5, 0.6) is 0 Å². The van der Waals surface area contributed by atoms with Crippen molar-refractivity contribution in [2.75, 3.05) is 13.7 Å². The molecule has 0 aliphatic carbocycles. The maximum absolute atomic E-state index is 13.4. The molecule has 0 spiro atoms. The molecule has 1 rings (SSSR count). The van der Waals surface area contributed by atoms with Crippen molar-refractivity contribution in [3.8, 4) is 0 Å². The lowest BCUT2D eigenvalue weighted by molar-refractivity contribution is 0.161. The Hall–Kier alpha value is -1.00. The molecule has 0 bridgehead atoms. The van der Waals surface area contributed by atoms with Gasteiger partial charge >= 0.3 is 0 Å². The monoisotopic (exact) mass is 243 g/mol. The van der Waals surface area contributed by atoms with E-state index in [0.717, 1.165) is 18.9 Å². The minimum absolute atomic E-state index is 0.203. The number of methoxy groups -OCH3 is 1. The highest BCUT2D eigenvalue weighted by atomic mass is 19.1. The van der Waals surface area contributed by atoms with Gasteiger partial charge in [-0.1, -0.05) is 19.4 Å². The Bertz CT molecular complexity index is 338. The molecule has 4 heteroatoms. The van der Waals surface area contributed by atoms with E-state index in [1.54, 1.807) is 7.11 Å². The van der Waals surface area contributed by atoms with Crippen LogP contribution in [0.15, 0.2) is 18.2 Å². The number of halogens is 2. The van der Waals surface area contributed by atoms with Crippen LogP contribution >= 0.6 is 0 Å². The smallest absolute Gasteiger partial charge is 0.130 e. The fourth-order valence-corrected chi connectivity index (χ4v) is 1.71. The van der Waals surface area contributed by atoms with Crippen molar-refractivity contribution >= 4 is 0 Å². The molecule has 0 aliphatic rings. The first-order chi connectivity index (χ1) is 8.17. The van der Waals surface area contributed by atoms with Gasteiger partial charge in [0.05, 0.1) is 6.61 Å². The maximum atomic E-state index is 13.4. The third-order valence-corrected chi connectivity index (χ3v) is 2.60. The highest BCUT2D eigenvalue weighted by Crippen LogP contribution is 2.10. The van der Waals surface area contributed by atoms with E-state index < -0.39 is 11.6 Å². The van der Waals surface area contributed by atoms with Crippen LogP contribution in [0.1, 0.15) is 25.3 Å². The number of nitrogens with one attached hydrogen (secondary N) is 1. The lowest BCUT2D eigenvalue weighted by atomic mass is 10.1. The molecule has 0 aliphatic heterocycles. The summed E-state index contributed by atoms with van der Waals surface area (Å²) >= 11 is 0. The molecule has 0 saturated heterocycles. The zero-order valence-corrected chi connectivity index (χ0v) is 10.3. The van der Waals surface area contributed by atoms with Crippen molar-refractivity contribution in [3.63, 3.8) is 0 Å². The molecule has 0 aromatic heterocycles. The van der Waals surface area contributed by atoms with Gasteiger partial charge in [0.15, 0.2) is 0 Å². The molecular weight excluding hydrogens is 224 g/mol. The van der Waals surface area contributed by atoms with E-state index in [0.29, 0.717) is 18.7 Å². The Morgan fingerprint density at radius 2 is 2.12 bits per heavy atom. The third kappa shape index (κ3) is 4.79. The number of rotatable bonds is 7. The van der Waals surface area contributed by atoms with Crippen LogP contribution in [-0.2, 0) is 11.3 Å². The summed E-state index contributed by atoms with van der Waals surface area (Å²) in [7, 11) is 1.64. The lowest BCUT2D eigenvalue weighted by Crippen LogP contribution is -2.32. The number of benzene rings is 1. The predicted molar refractivity (Wildman–Crippen MR) is 63.8 cm³/mol. The lowest BCUT2D eigenvalue weighted by Gasteiger charge is -2.17. The number of hydrogen-bond donors (Lipinski definition) is 1. The molecule has 1 unspecified atom stereocenters. The van der Waals surface area contributed by atoms with Crippen molar-refractivity contribution in [2.24, 2.45) is 0 Å².